The van der Waals surface area contributed by atoms with Crippen molar-refractivity contribution < 1.29 is 9.52 Å². The lowest BCUT2D eigenvalue weighted by atomic mass is 10.1. The molecule has 0 unspecified atom stereocenters. The van der Waals surface area contributed by atoms with Gasteiger partial charge in [0.05, 0.1) is 10.9 Å². The summed E-state index contributed by atoms with van der Waals surface area (Å²) in [6.45, 7) is 0. The van der Waals surface area contributed by atoms with Crippen molar-refractivity contribution in [3.63, 3.8) is 0 Å². The van der Waals surface area contributed by atoms with E-state index in [9.17, 15) is 9.90 Å². The molecule has 4 nitrogen and oxygen atoms in total. The summed E-state index contributed by atoms with van der Waals surface area (Å²) in [6.07, 6.45) is 0. The standard InChI is InChI=1S/C18H11NO3/c20-16-12-6-2-4-8-15(12)22-18(17(16)21)14-10-9-11-5-1-3-7-13(11)19-14/h1-10,21H. The first-order chi connectivity index (χ1) is 10.7. The van der Waals surface area contributed by atoms with E-state index in [1.165, 1.54) is 0 Å². The first-order valence-electron chi connectivity index (χ1n) is 6.85. The van der Waals surface area contributed by atoms with Gasteiger partial charge in [0, 0.05) is 5.39 Å². The molecule has 0 aliphatic carbocycles. The highest BCUT2D eigenvalue weighted by atomic mass is 16.4. The van der Waals surface area contributed by atoms with Crippen LogP contribution >= 0.6 is 0 Å². The van der Waals surface area contributed by atoms with Gasteiger partial charge in [-0.3, -0.25) is 4.79 Å². The van der Waals surface area contributed by atoms with E-state index in [2.05, 4.69) is 4.98 Å². The van der Waals surface area contributed by atoms with Crippen LogP contribution in [0, 0.1) is 0 Å². The van der Waals surface area contributed by atoms with Crippen molar-refractivity contribution in [2.45, 2.75) is 0 Å². The van der Waals surface area contributed by atoms with Crippen molar-refractivity contribution in [3.05, 3.63) is 70.9 Å². The number of aromatic nitrogens is 1. The van der Waals surface area contributed by atoms with E-state index in [4.69, 9.17) is 4.42 Å². The molecule has 0 amide bonds. The van der Waals surface area contributed by atoms with Gasteiger partial charge in [0.15, 0.2) is 5.76 Å². The van der Waals surface area contributed by atoms with Crippen LogP contribution in [0.5, 0.6) is 5.75 Å². The second-order valence-corrected chi connectivity index (χ2v) is 4.99. The van der Waals surface area contributed by atoms with Crippen molar-refractivity contribution in [2.75, 3.05) is 0 Å². The van der Waals surface area contributed by atoms with Gasteiger partial charge in [-0.25, -0.2) is 4.98 Å². The van der Waals surface area contributed by atoms with E-state index in [0.29, 0.717) is 16.7 Å². The molecule has 0 saturated carbocycles. The minimum atomic E-state index is -0.452. The molecule has 2 heterocycles. The fourth-order valence-corrected chi connectivity index (χ4v) is 2.50. The van der Waals surface area contributed by atoms with Crippen LogP contribution in [-0.2, 0) is 0 Å². The lowest BCUT2D eigenvalue weighted by molar-refractivity contribution is 0.448. The van der Waals surface area contributed by atoms with Crippen LogP contribution in [0.4, 0.5) is 0 Å². The Labute approximate surface area is 125 Å². The predicted molar refractivity (Wildman–Crippen MR) is 84.9 cm³/mol. The van der Waals surface area contributed by atoms with Gasteiger partial charge in [-0.15, -0.1) is 0 Å². The Kier molecular flexibility index (Phi) is 2.69. The zero-order chi connectivity index (χ0) is 15.1. The number of aromatic hydroxyl groups is 1. The van der Waals surface area contributed by atoms with Gasteiger partial charge in [-0.05, 0) is 24.3 Å². The van der Waals surface area contributed by atoms with E-state index in [1.807, 2.05) is 30.3 Å². The zero-order valence-corrected chi connectivity index (χ0v) is 11.5. The van der Waals surface area contributed by atoms with Crippen LogP contribution < -0.4 is 5.43 Å². The average Bonchev–Trinajstić information content (AvgIpc) is 2.58. The molecule has 0 spiro atoms. The van der Waals surface area contributed by atoms with Crippen molar-refractivity contribution in [2.24, 2.45) is 0 Å². The van der Waals surface area contributed by atoms with Crippen molar-refractivity contribution in [1.82, 2.24) is 4.98 Å². The molecule has 0 saturated heterocycles. The molecule has 0 atom stereocenters. The van der Waals surface area contributed by atoms with Crippen molar-refractivity contribution in [3.8, 4) is 17.2 Å². The molecule has 0 radical (unpaired) electrons. The molecule has 2 aromatic heterocycles. The fraction of sp³-hybridized carbons (Fsp3) is 0. The Hall–Kier alpha value is -3.14. The van der Waals surface area contributed by atoms with E-state index in [-0.39, 0.29) is 5.76 Å². The molecule has 1 N–H and O–H groups in total. The van der Waals surface area contributed by atoms with Gasteiger partial charge in [0.2, 0.25) is 11.2 Å². The summed E-state index contributed by atoms with van der Waals surface area (Å²) in [7, 11) is 0. The van der Waals surface area contributed by atoms with E-state index < -0.39 is 11.2 Å². The molecule has 2 aromatic carbocycles. The Bertz CT molecular complexity index is 1070. The summed E-state index contributed by atoms with van der Waals surface area (Å²) in [4.78, 5) is 16.7. The molecular weight excluding hydrogens is 278 g/mol. The highest BCUT2D eigenvalue weighted by molar-refractivity contribution is 5.84. The Morgan fingerprint density at radius 1 is 0.909 bits per heavy atom. The van der Waals surface area contributed by atoms with E-state index >= 15 is 0 Å². The van der Waals surface area contributed by atoms with E-state index in [0.717, 1.165) is 10.9 Å². The molecule has 106 valence electrons. The third kappa shape index (κ3) is 1.85. The Balaban J connectivity index is 2.03. The third-order valence-corrected chi connectivity index (χ3v) is 3.60. The molecule has 0 aliphatic heterocycles. The maximum absolute atomic E-state index is 12.2. The number of nitrogens with zero attached hydrogens (tertiary/aromatic N) is 1. The minimum Gasteiger partial charge on any atom is -0.501 e. The largest absolute Gasteiger partial charge is 0.501 e. The summed E-state index contributed by atoms with van der Waals surface area (Å²) in [6, 6.07) is 18.1. The van der Waals surface area contributed by atoms with Crippen LogP contribution in [0.25, 0.3) is 33.3 Å². The smallest absolute Gasteiger partial charge is 0.235 e. The first kappa shape index (κ1) is 12.6. The molecule has 0 aliphatic rings. The van der Waals surface area contributed by atoms with Crippen molar-refractivity contribution in [1.29, 1.82) is 0 Å². The molecule has 4 rings (SSSR count). The van der Waals surface area contributed by atoms with Gasteiger partial charge in [0.1, 0.15) is 11.3 Å². The summed E-state index contributed by atoms with van der Waals surface area (Å²) in [5.74, 6) is -0.323. The Morgan fingerprint density at radius 2 is 1.68 bits per heavy atom. The van der Waals surface area contributed by atoms with Gasteiger partial charge in [0.25, 0.3) is 0 Å². The molecule has 0 bridgehead atoms. The van der Waals surface area contributed by atoms with Crippen LogP contribution in [0.3, 0.4) is 0 Å². The predicted octanol–water partition coefficient (Wildman–Crippen LogP) is 3.71. The number of hydrogen-bond donors (Lipinski definition) is 1. The number of benzene rings is 2. The van der Waals surface area contributed by atoms with Crippen LogP contribution in [0.15, 0.2) is 69.9 Å². The van der Waals surface area contributed by atoms with Gasteiger partial charge >= 0.3 is 0 Å². The normalized spacial score (nSPS) is 11.1. The van der Waals surface area contributed by atoms with Gasteiger partial charge in [-0.1, -0.05) is 36.4 Å². The number of rotatable bonds is 1. The monoisotopic (exact) mass is 289 g/mol. The topological polar surface area (TPSA) is 63.3 Å². The zero-order valence-electron chi connectivity index (χ0n) is 11.5. The lowest BCUT2D eigenvalue weighted by Crippen LogP contribution is -2.02. The quantitative estimate of drug-likeness (QED) is 0.580. The average molecular weight is 289 g/mol. The van der Waals surface area contributed by atoms with Crippen LogP contribution in [0.2, 0.25) is 0 Å². The molecule has 22 heavy (non-hydrogen) atoms. The molecular formula is C18H11NO3. The summed E-state index contributed by atoms with van der Waals surface area (Å²) in [5, 5.41) is 11.5. The highest BCUT2D eigenvalue weighted by Crippen LogP contribution is 2.29. The van der Waals surface area contributed by atoms with Gasteiger partial charge in [-0.2, -0.15) is 0 Å². The number of pyridine rings is 1. The highest BCUT2D eigenvalue weighted by Gasteiger charge is 2.16. The second-order valence-electron chi connectivity index (χ2n) is 4.99. The molecule has 4 aromatic rings. The third-order valence-electron chi connectivity index (χ3n) is 3.60. The van der Waals surface area contributed by atoms with E-state index in [1.54, 1.807) is 30.3 Å². The van der Waals surface area contributed by atoms with Gasteiger partial charge < -0.3 is 9.52 Å². The fourth-order valence-electron chi connectivity index (χ4n) is 2.50. The summed E-state index contributed by atoms with van der Waals surface area (Å²) in [5.41, 5.74) is 1.18. The maximum atomic E-state index is 12.2. The number of fused-ring (bicyclic) bond motifs is 2. The SMILES string of the molecule is O=c1c(O)c(-c2ccc3ccccc3n2)oc2ccccc12. The van der Waals surface area contributed by atoms with Crippen molar-refractivity contribution >= 4 is 21.9 Å². The number of hydrogen-bond acceptors (Lipinski definition) is 4. The number of para-hydroxylation sites is 2. The summed E-state index contributed by atoms with van der Waals surface area (Å²) >= 11 is 0. The lowest BCUT2D eigenvalue weighted by Gasteiger charge is -2.06. The second kappa shape index (κ2) is 4.70. The Morgan fingerprint density at radius 3 is 2.59 bits per heavy atom. The molecule has 0 fully saturated rings. The minimum absolute atomic E-state index is 0.0921. The van der Waals surface area contributed by atoms with Crippen LogP contribution in [-0.4, -0.2) is 10.1 Å². The molecule has 4 heteroatoms. The summed E-state index contributed by atoms with van der Waals surface area (Å²) < 4.78 is 5.70. The maximum Gasteiger partial charge on any atom is 0.235 e. The van der Waals surface area contributed by atoms with Crippen LogP contribution in [0.1, 0.15) is 0 Å². The first-order valence-corrected chi connectivity index (χ1v) is 6.85.